The summed E-state index contributed by atoms with van der Waals surface area (Å²) in [6, 6.07) is 2.09. The van der Waals surface area contributed by atoms with E-state index in [1.165, 1.54) is 0 Å². The number of aromatic amines is 1. The molecule has 4 heterocycles. The van der Waals surface area contributed by atoms with E-state index in [2.05, 4.69) is 47.4 Å². The van der Waals surface area contributed by atoms with Gasteiger partial charge in [0.1, 0.15) is 0 Å². The van der Waals surface area contributed by atoms with Gasteiger partial charge in [-0.05, 0) is 22.4 Å². The molecule has 0 unspecified atom stereocenters. The molecule has 0 aromatic carbocycles. The quantitative estimate of drug-likeness (QED) is 0.747. The Morgan fingerprint density at radius 3 is 2.95 bits per heavy atom. The first-order valence-corrected chi connectivity index (χ1v) is 7.56. The maximum absolute atomic E-state index is 4.64. The lowest BCUT2D eigenvalue weighted by molar-refractivity contribution is 0.586. The molecule has 6 nitrogen and oxygen atoms in total. The molecule has 2 N–H and O–H groups in total. The van der Waals surface area contributed by atoms with Crippen molar-refractivity contribution in [2.45, 2.75) is 0 Å². The van der Waals surface area contributed by atoms with Crippen LogP contribution in [0.3, 0.4) is 0 Å². The summed E-state index contributed by atoms with van der Waals surface area (Å²) < 4.78 is 0. The van der Waals surface area contributed by atoms with Crippen molar-refractivity contribution >= 4 is 28.2 Å². The van der Waals surface area contributed by atoms with Crippen LogP contribution in [-0.4, -0.2) is 46.6 Å². The molecule has 1 aliphatic heterocycles. The number of fused-ring (bicyclic) bond motifs is 1. The molecule has 0 atom stereocenters. The molecule has 4 rings (SSSR count). The Hall–Kier alpha value is -1.99. The van der Waals surface area contributed by atoms with Crippen LogP contribution < -0.4 is 10.2 Å². The first-order valence-electron chi connectivity index (χ1n) is 6.61. The van der Waals surface area contributed by atoms with Gasteiger partial charge in [0.05, 0.1) is 5.52 Å². The van der Waals surface area contributed by atoms with Crippen molar-refractivity contribution in [1.82, 2.24) is 25.7 Å². The monoisotopic (exact) mass is 286 g/mol. The molecule has 3 aromatic heterocycles. The molecule has 0 amide bonds. The van der Waals surface area contributed by atoms with Crippen molar-refractivity contribution in [2.75, 3.05) is 31.1 Å². The summed E-state index contributed by atoms with van der Waals surface area (Å²) in [5, 5.41) is 18.8. The number of nitrogens with one attached hydrogen (secondary N) is 2. The smallest absolute Gasteiger partial charge is 0.158 e. The van der Waals surface area contributed by atoms with E-state index in [-0.39, 0.29) is 0 Å². The molecular weight excluding hydrogens is 272 g/mol. The van der Waals surface area contributed by atoms with Crippen LogP contribution >= 0.6 is 11.3 Å². The molecule has 1 fully saturated rings. The molecular formula is C13H14N6S. The maximum Gasteiger partial charge on any atom is 0.158 e. The zero-order valence-electron chi connectivity index (χ0n) is 10.8. The standard InChI is InChI=1S/C13H14N6S/c1-6-20-8-9(1)10-7-15-13(12-11(10)16-18-17-12)19-4-2-14-3-5-19/h1,6-8,14H,2-5H2,(H,16,17,18). The van der Waals surface area contributed by atoms with E-state index in [1.807, 2.05) is 6.20 Å². The summed E-state index contributed by atoms with van der Waals surface area (Å²) in [5.41, 5.74) is 4.04. The Bertz CT molecular complexity index is 714. The molecule has 102 valence electrons. The fourth-order valence-electron chi connectivity index (χ4n) is 2.57. The Balaban J connectivity index is 1.85. The molecule has 0 saturated carbocycles. The van der Waals surface area contributed by atoms with Crippen LogP contribution in [0.1, 0.15) is 0 Å². The Labute approximate surface area is 119 Å². The highest BCUT2D eigenvalue weighted by molar-refractivity contribution is 7.08. The number of rotatable bonds is 2. The summed E-state index contributed by atoms with van der Waals surface area (Å²) in [4.78, 5) is 6.90. The highest BCUT2D eigenvalue weighted by atomic mass is 32.1. The number of aromatic nitrogens is 4. The molecule has 0 bridgehead atoms. The Morgan fingerprint density at radius 2 is 2.15 bits per heavy atom. The highest BCUT2D eigenvalue weighted by Gasteiger charge is 2.19. The van der Waals surface area contributed by atoms with Crippen LogP contribution in [0.15, 0.2) is 23.0 Å². The fourth-order valence-corrected chi connectivity index (χ4v) is 3.22. The van der Waals surface area contributed by atoms with Crippen molar-refractivity contribution < 1.29 is 0 Å². The van der Waals surface area contributed by atoms with Gasteiger partial charge in [-0.25, -0.2) is 4.98 Å². The zero-order valence-corrected chi connectivity index (χ0v) is 11.7. The van der Waals surface area contributed by atoms with E-state index in [9.17, 15) is 0 Å². The molecule has 3 aromatic rings. The number of piperazine rings is 1. The summed E-state index contributed by atoms with van der Waals surface area (Å²) in [6.07, 6.45) is 1.92. The van der Waals surface area contributed by atoms with Crippen molar-refractivity contribution in [3.63, 3.8) is 0 Å². The summed E-state index contributed by atoms with van der Waals surface area (Å²) in [5.74, 6) is 0.925. The van der Waals surface area contributed by atoms with Gasteiger partial charge in [0.25, 0.3) is 0 Å². The van der Waals surface area contributed by atoms with E-state index in [1.54, 1.807) is 11.3 Å². The molecule has 0 radical (unpaired) electrons. The Kier molecular flexibility index (Phi) is 2.86. The number of H-pyrrole nitrogens is 1. The lowest BCUT2D eigenvalue weighted by atomic mass is 10.1. The van der Waals surface area contributed by atoms with Gasteiger partial charge in [0.15, 0.2) is 11.3 Å². The van der Waals surface area contributed by atoms with E-state index in [0.717, 1.165) is 54.2 Å². The van der Waals surface area contributed by atoms with Gasteiger partial charge < -0.3 is 10.2 Å². The topological polar surface area (TPSA) is 69.7 Å². The molecule has 20 heavy (non-hydrogen) atoms. The van der Waals surface area contributed by atoms with Crippen LogP contribution in [-0.2, 0) is 0 Å². The third-order valence-electron chi connectivity index (χ3n) is 3.59. The summed E-state index contributed by atoms with van der Waals surface area (Å²) in [6.45, 7) is 3.86. The second kappa shape index (κ2) is 4.84. The van der Waals surface area contributed by atoms with E-state index >= 15 is 0 Å². The predicted octanol–water partition coefficient (Wildman–Crippen LogP) is 1.49. The van der Waals surface area contributed by atoms with Crippen LogP contribution in [0.25, 0.3) is 22.2 Å². The third-order valence-corrected chi connectivity index (χ3v) is 4.28. The zero-order chi connectivity index (χ0) is 13.4. The lowest BCUT2D eigenvalue weighted by Gasteiger charge is -2.28. The van der Waals surface area contributed by atoms with Gasteiger partial charge >= 0.3 is 0 Å². The minimum absolute atomic E-state index is 0.857. The molecule has 1 saturated heterocycles. The van der Waals surface area contributed by atoms with E-state index in [0.29, 0.717) is 0 Å². The average molecular weight is 286 g/mol. The maximum atomic E-state index is 4.64. The lowest BCUT2D eigenvalue weighted by Crippen LogP contribution is -2.44. The first-order chi connectivity index (χ1) is 9.93. The van der Waals surface area contributed by atoms with Gasteiger partial charge in [-0.1, -0.05) is 5.21 Å². The van der Waals surface area contributed by atoms with Crippen molar-refractivity contribution in [2.24, 2.45) is 0 Å². The number of thiophene rings is 1. The largest absolute Gasteiger partial charge is 0.352 e. The van der Waals surface area contributed by atoms with Crippen molar-refractivity contribution in [1.29, 1.82) is 0 Å². The number of hydrogen-bond acceptors (Lipinski definition) is 6. The van der Waals surface area contributed by atoms with Crippen molar-refractivity contribution in [3.05, 3.63) is 23.0 Å². The number of hydrogen-bond donors (Lipinski definition) is 2. The minimum Gasteiger partial charge on any atom is -0.352 e. The fraction of sp³-hybridized carbons (Fsp3) is 0.308. The van der Waals surface area contributed by atoms with E-state index in [4.69, 9.17) is 0 Å². The van der Waals surface area contributed by atoms with Gasteiger partial charge in [-0.3, -0.25) is 5.10 Å². The van der Waals surface area contributed by atoms with Crippen molar-refractivity contribution in [3.8, 4) is 11.1 Å². The molecule has 1 aliphatic rings. The van der Waals surface area contributed by atoms with Gasteiger partial charge in [-0.15, -0.1) is 5.10 Å². The molecule has 7 heteroatoms. The number of pyridine rings is 1. The first kappa shape index (κ1) is 11.8. The predicted molar refractivity (Wildman–Crippen MR) is 80.1 cm³/mol. The normalized spacial score (nSPS) is 15.9. The van der Waals surface area contributed by atoms with E-state index < -0.39 is 0 Å². The molecule has 0 aliphatic carbocycles. The average Bonchev–Trinajstić information content (AvgIpc) is 3.18. The van der Waals surface area contributed by atoms with Crippen LogP contribution in [0.4, 0.5) is 5.82 Å². The highest BCUT2D eigenvalue weighted by Crippen LogP contribution is 2.31. The molecule has 0 spiro atoms. The Morgan fingerprint density at radius 1 is 1.25 bits per heavy atom. The minimum atomic E-state index is 0.857. The van der Waals surface area contributed by atoms with Crippen LogP contribution in [0.5, 0.6) is 0 Å². The summed E-state index contributed by atoms with van der Waals surface area (Å²) >= 11 is 1.68. The SMILES string of the molecule is c1cc(-c2cnc(N3CCNCC3)c3nn[nH]c23)cs1. The summed E-state index contributed by atoms with van der Waals surface area (Å²) in [7, 11) is 0. The second-order valence-electron chi connectivity index (χ2n) is 4.78. The number of anilines is 1. The van der Waals surface area contributed by atoms with Gasteiger partial charge in [0.2, 0.25) is 0 Å². The van der Waals surface area contributed by atoms with Crippen LogP contribution in [0, 0.1) is 0 Å². The van der Waals surface area contributed by atoms with Gasteiger partial charge in [0, 0.05) is 37.9 Å². The third kappa shape index (κ3) is 1.86. The second-order valence-corrected chi connectivity index (χ2v) is 5.56. The van der Waals surface area contributed by atoms with Gasteiger partial charge in [-0.2, -0.15) is 11.3 Å². The van der Waals surface area contributed by atoms with Crippen LogP contribution in [0.2, 0.25) is 0 Å². The number of nitrogens with zero attached hydrogens (tertiary/aromatic N) is 4.